The molecule has 2 amide bonds. The second-order valence-electron chi connectivity index (χ2n) is 4.72. The summed E-state index contributed by atoms with van der Waals surface area (Å²) in [6.45, 7) is 0.812. The van der Waals surface area contributed by atoms with Crippen molar-refractivity contribution in [3.63, 3.8) is 0 Å². The topological polar surface area (TPSA) is 59.6 Å². The van der Waals surface area contributed by atoms with Gasteiger partial charge in [0.1, 0.15) is 23.9 Å². The van der Waals surface area contributed by atoms with Crippen LogP contribution in [0.25, 0.3) is 0 Å². The van der Waals surface area contributed by atoms with Gasteiger partial charge in [0.2, 0.25) is 0 Å². The van der Waals surface area contributed by atoms with Crippen molar-refractivity contribution in [3.8, 4) is 11.5 Å². The summed E-state index contributed by atoms with van der Waals surface area (Å²) in [5.41, 5.74) is 0.442. The number of amides is 2. The van der Waals surface area contributed by atoms with Crippen molar-refractivity contribution >= 4 is 6.03 Å². The third kappa shape index (κ3) is 5.50. The van der Waals surface area contributed by atoms with Gasteiger partial charge in [-0.1, -0.05) is 18.2 Å². The zero-order valence-corrected chi connectivity index (χ0v) is 12.8. The Hall–Kier alpha value is -2.76. The number of benzene rings is 2. The first-order valence-corrected chi connectivity index (χ1v) is 7.21. The van der Waals surface area contributed by atoms with Gasteiger partial charge in [0.15, 0.2) is 0 Å². The minimum absolute atomic E-state index is 0.137. The molecule has 0 unspecified atom stereocenters. The summed E-state index contributed by atoms with van der Waals surface area (Å²) >= 11 is 0. The molecular weight excluding hydrogens is 299 g/mol. The van der Waals surface area contributed by atoms with Gasteiger partial charge in [0.05, 0.1) is 13.7 Å². The molecule has 0 heterocycles. The minimum atomic E-state index is -0.369. The first kappa shape index (κ1) is 16.6. The van der Waals surface area contributed by atoms with Crippen molar-refractivity contribution in [2.45, 2.75) is 6.54 Å². The molecule has 122 valence electrons. The van der Waals surface area contributed by atoms with Gasteiger partial charge in [0, 0.05) is 12.1 Å². The van der Waals surface area contributed by atoms with Crippen LogP contribution in [0.1, 0.15) is 5.56 Å². The summed E-state index contributed by atoms with van der Waals surface area (Å²) in [5, 5.41) is 5.23. The van der Waals surface area contributed by atoms with Crippen LogP contribution in [0.4, 0.5) is 9.18 Å². The maximum absolute atomic E-state index is 13.4. The van der Waals surface area contributed by atoms with Crippen molar-refractivity contribution in [1.29, 1.82) is 0 Å². The van der Waals surface area contributed by atoms with E-state index in [2.05, 4.69) is 10.6 Å². The predicted molar refractivity (Wildman–Crippen MR) is 85.1 cm³/mol. The summed E-state index contributed by atoms with van der Waals surface area (Å²) in [7, 11) is 1.60. The third-order valence-corrected chi connectivity index (χ3v) is 3.11. The highest BCUT2D eigenvalue weighted by Gasteiger charge is 2.03. The fourth-order valence-electron chi connectivity index (χ4n) is 1.89. The quantitative estimate of drug-likeness (QED) is 0.772. The van der Waals surface area contributed by atoms with E-state index in [0.717, 1.165) is 5.75 Å². The van der Waals surface area contributed by atoms with Crippen LogP contribution in [0.3, 0.4) is 0 Å². The number of ether oxygens (including phenoxy) is 2. The van der Waals surface area contributed by atoms with E-state index in [0.29, 0.717) is 24.5 Å². The van der Waals surface area contributed by atoms with Crippen molar-refractivity contribution in [2.24, 2.45) is 0 Å². The molecule has 0 saturated carbocycles. The fraction of sp³-hybridized carbons (Fsp3) is 0.235. The molecule has 5 nitrogen and oxygen atoms in total. The number of carbonyl (C=O) groups is 1. The largest absolute Gasteiger partial charge is 0.497 e. The first-order chi connectivity index (χ1) is 11.2. The lowest BCUT2D eigenvalue weighted by atomic mass is 10.2. The number of urea groups is 1. The fourth-order valence-corrected chi connectivity index (χ4v) is 1.89. The summed E-state index contributed by atoms with van der Waals surface area (Å²) in [6.07, 6.45) is 0. The molecule has 0 saturated heterocycles. The normalized spacial score (nSPS) is 10.0. The lowest BCUT2D eigenvalue weighted by Crippen LogP contribution is -2.37. The van der Waals surface area contributed by atoms with Crippen LogP contribution >= 0.6 is 0 Å². The second kappa shape index (κ2) is 8.63. The number of hydrogen-bond donors (Lipinski definition) is 2. The SMILES string of the molecule is COc1ccc(OCCNC(=O)NCc2ccccc2F)cc1. The van der Waals surface area contributed by atoms with Crippen LogP contribution in [0.2, 0.25) is 0 Å². The maximum Gasteiger partial charge on any atom is 0.315 e. The molecule has 2 aromatic carbocycles. The van der Waals surface area contributed by atoms with Crippen LogP contribution in [0.15, 0.2) is 48.5 Å². The Morgan fingerprint density at radius 3 is 2.43 bits per heavy atom. The molecule has 23 heavy (non-hydrogen) atoms. The summed E-state index contributed by atoms with van der Waals surface area (Å²) in [4.78, 5) is 11.6. The Morgan fingerprint density at radius 2 is 1.74 bits per heavy atom. The molecule has 0 aromatic heterocycles. The summed E-state index contributed by atoms with van der Waals surface area (Å²) < 4.78 is 23.9. The first-order valence-electron chi connectivity index (χ1n) is 7.21. The van der Waals surface area contributed by atoms with Gasteiger partial charge in [-0.2, -0.15) is 0 Å². The Bertz CT molecular complexity index is 632. The number of hydrogen-bond acceptors (Lipinski definition) is 3. The lowest BCUT2D eigenvalue weighted by molar-refractivity contribution is 0.236. The molecule has 2 rings (SSSR count). The van der Waals surface area contributed by atoms with Crippen molar-refractivity contribution in [3.05, 3.63) is 59.9 Å². The number of methoxy groups -OCH3 is 1. The second-order valence-corrected chi connectivity index (χ2v) is 4.72. The Morgan fingerprint density at radius 1 is 1.04 bits per heavy atom. The van der Waals surface area contributed by atoms with Gasteiger partial charge in [-0.05, 0) is 30.3 Å². The molecule has 0 spiro atoms. The molecule has 0 bridgehead atoms. The molecule has 2 N–H and O–H groups in total. The van der Waals surface area contributed by atoms with E-state index in [1.807, 2.05) is 0 Å². The molecule has 0 aliphatic carbocycles. The van der Waals surface area contributed by atoms with Crippen molar-refractivity contribution < 1.29 is 18.7 Å². The molecule has 0 aliphatic rings. The predicted octanol–water partition coefficient (Wildman–Crippen LogP) is 2.71. The average molecular weight is 318 g/mol. The van der Waals surface area contributed by atoms with E-state index >= 15 is 0 Å². The number of halogens is 1. The zero-order valence-electron chi connectivity index (χ0n) is 12.8. The van der Waals surface area contributed by atoms with Gasteiger partial charge in [0.25, 0.3) is 0 Å². The molecule has 0 fully saturated rings. The Labute approximate surface area is 134 Å². The van der Waals surface area contributed by atoms with E-state index < -0.39 is 0 Å². The molecule has 0 radical (unpaired) electrons. The van der Waals surface area contributed by atoms with Gasteiger partial charge in [-0.15, -0.1) is 0 Å². The maximum atomic E-state index is 13.4. The monoisotopic (exact) mass is 318 g/mol. The Balaban J connectivity index is 1.63. The van der Waals surface area contributed by atoms with E-state index in [1.54, 1.807) is 49.6 Å². The smallest absolute Gasteiger partial charge is 0.315 e. The number of carbonyl (C=O) groups excluding carboxylic acids is 1. The van der Waals surface area contributed by atoms with Crippen molar-refractivity contribution in [2.75, 3.05) is 20.3 Å². The van der Waals surface area contributed by atoms with Gasteiger partial charge in [-0.25, -0.2) is 9.18 Å². The highest BCUT2D eigenvalue weighted by atomic mass is 19.1. The van der Waals surface area contributed by atoms with Crippen molar-refractivity contribution in [1.82, 2.24) is 10.6 Å². The number of rotatable bonds is 7. The summed E-state index contributed by atoms with van der Waals surface area (Å²) in [5.74, 6) is 1.11. The Kier molecular flexibility index (Phi) is 6.23. The van der Waals surface area contributed by atoms with E-state index in [9.17, 15) is 9.18 Å². The van der Waals surface area contributed by atoms with E-state index in [-0.39, 0.29) is 18.4 Å². The molecule has 0 atom stereocenters. The molecular formula is C17H19FN2O3. The van der Waals surface area contributed by atoms with Crippen LogP contribution in [0.5, 0.6) is 11.5 Å². The van der Waals surface area contributed by atoms with E-state index in [4.69, 9.17) is 9.47 Å². The van der Waals surface area contributed by atoms with Gasteiger partial charge < -0.3 is 20.1 Å². The third-order valence-electron chi connectivity index (χ3n) is 3.11. The van der Waals surface area contributed by atoms with Gasteiger partial charge >= 0.3 is 6.03 Å². The standard InChI is InChI=1S/C17H19FN2O3/c1-22-14-6-8-15(9-7-14)23-11-10-19-17(21)20-12-13-4-2-3-5-16(13)18/h2-9H,10-12H2,1H3,(H2,19,20,21). The molecule has 6 heteroatoms. The minimum Gasteiger partial charge on any atom is -0.497 e. The highest BCUT2D eigenvalue weighted by molar-refractivity contribution is 5.73. The van der Waals surface area contributed by atoms with Crippen LogP contribution in [-0.4, -0.2) is 26.3 Å². The lowest BCUT2D eigenvalue weighted by Gasteiger charge is -2.10. The van der Waals surface area contributed by atoms with Crippen LogP contribution < -0.4 is 20.1 Å². The molecule has 0 aliphatic heterocycles. The number of nitrogens with one attached hydrogen (secondary N) is 2. The van der Waals surface area contributed by atoms with Crippen LogP contribution in [-0.2, 0) is 6.54 Å². The zero-order chi connectivity index (χ0) is 16.5. The van der Waals surface area contributed by atoms with E-state index in [1.165, 1.54) is 6.07 Å². The average Bonchev–Trinajstić information content (AvgIpc) is 2.58. The summed E-state index contributed by atoms with van der Waals surface area (Å²) in [6, 6.07) is 13.1. The highest BCUT2D eigenvalue weighted by Crippen LogP contribution is 2.16. The van der Waals surface area contributed by atoms with Crippen LogP contribution in [0, 0.1) is 5.82 Å². The van der Waals surface area contributed by atoms with Gasteiger partial charge in [-0.3, -0.25) is 0 Å². The molecule has 2 aromatic rings.